The zero-order valence-electron chi connectivity index (χ0n) is 24.3. The summed E-state index contributed by atoms with van der Waals surface area (Å²) in [5.41, 5.74) is 2.29. The van der Waals surface area contributed by atoms with Gasteiger partial charge in [-0.05, 0) is 37.1 Å². The highest BCUT2D eigenvalue weighted by atomic mass is 16.5. The Bertz CT molecular complexity index is 1350. The number of carbonyl (C=O) groups is 2. The first-order valence-corrected chi connectivity index (χ1v) is 14.7. The van der Waals surface area contributed by atoms with Crippen LogP contribution in [-0.2, 0) is 0 Å². The SMILES string of the molecule is CCCCOc1cc(C(=O)N2CCN(C(=O)c3cc(OCCCC)n(-c4ccccc4)n3)CC2)nn1-c1ccccc1. The third-order valence-electron chi connectivity index (χ3n) is 7.14. The largest absolute Gasteiger partial charge is 0.478 e. The van der Waals surface area contributed by atoms with Gasteiger partial charge in [-0.15, -0.1) is 0 Å². The van der Waals surface area contributed by atoms with Crippen LogP contribution < -0.4 is 9.47 Å². The third-order valence-corrected chi connectivity index (χ3v) is 7.14. The van der Waals surface area contributed by atoms with E-state index in [0.717, 1.165) is 37.1 Å². The van der Waals surface area contributed by atoms with E-state index in [2.05, 4.69) is 24.0 Å². The van der Waals surface area contributed by atoms with E-state index in [9.17, 15) is 9.59 Å². The summed E-state index contributed by atoms with van der Waals surface area (Å²) in [6.45, 7) is 6.90. The topological polar surface area (TPSA) is 94.7 Å². The van der Waals surface area contributed by atoms with Crippen LogP contribution in [0.3, 0.4) is 0 Å². The van der Waals surface area contributed by atoms with Crippen LogP contribution in [0.5, 0.6) is 11.8 Å². The number of benzene rings is 2. The van der Waals surface area contributed by atoms with Crippen molar-refractivity contribution in [3.63, 3.8) is 0 Å². The highest BCUT2D eigenvalue weighted by Crippen LogP contribution is 2.23. The van der Waals surface area contributed by atoms with E-state index in [4.69, 9.17) is 9.47 Å². The third kappa shape index (κ3) is 6.64. The molecule has 3 heterocycles. The Morgan fingerprint density at radius 3 is 1.38 bits per heavy atom. The molecule has 0 N–H and O–H groups in total. The van der Waals surface area contributed by atoms with Crippen molar-refractivity contribution in [1.82, 2.24) is 29.4 Å². The second kappa shape index (κ2) is 13.8. The predicted octanol–water partition coefficient (Wildman–Crippen LogP) is 5.01. The molecular weight excluding hydrogens is 532 g/mol. The minimum absolute atomic E-state index is 0.183. The summed E-state index contributed by atoms with van der Waals surface area (Å²) < 4.78 is 15.3. The molecule has 4 aromatic rings. The van der Waals surface area contributed by atoms with Crippen LogP contribution >= 0.6 is 0 Å². The lowest BCUT2D eigenvalue weighted by Crippen LogP contribution is -2.50. The van der Waals surface area contributed by atoms with Gasteiger partial charge in [0.2, 0.25) is 11.8 Å². The Balaban J connectivity index is 1.27. The molecular formula is C32H38N6O4. The second-order valence-corrected chi connectivity index (χ2v) is 10.2. The quantitative estimate of drug-likeness (QED) is 0.222. The first kappa shape index (κ1) is 28.9. The number of piperazine rings is 1. The summed E-state index contributed by atoms with van der Waals surface area (Å²) in [6, 6.07) is 22.7. The summed E-state index contributed by atoms with van der Waals surface area (Å²) in [7, 11) is 0. The normalized spacial score (nSPS) is 13.3. The van der Waals surface area contributed by atoms with E-state index < -0.39 is 0 Å². The second-order valence-electron chi connectivity index (χ2n) is 10.2. The van der Waals surface area contributed by atoms with Crippen molar-refractivity contribution in [2.24, 2.45) is 0 Å². The molecule has 1 fully saturated rings. The number of nitrogens with zero attached hydrogens (tertiary/aromatic N) is 6. The van der Waals surface area contributed by atoms with Gasteiger partial charge < -0.3 is 19.3 Å². The van der Waals surface area contributed by atoms with Gasteiger partial charge in [0.1, 0.15) is 0 Å². The Labute approximate surface area is 246 Å². The van der Waals surface area contributed by atoms with Crippen molar-refractivity contribution in [1.29, 1.82) is 0 Å². The molecule has 2 amide bonds. The Morgan fingerprint density at radius 1 is 0.643 bits per heavy atom. The van der Waals surface area contributed by atoms with Gasteiger partial charge in [-0.2, -0.15) is 10.2 Å². The van der Waals surface area contributed by atoms with E-state index in [1.165, 1.54) is 0 Å². The average Bonchev–Trinajstić information content (AvgIpc) is 3.67. The summed E-state index contributed by atoms with van der Waals surface area (Å²) in [6.07, 6.45) is 3.84. The number of amides is 2. The lowest BCUT2D eigenvalue weighted by molar-refractivity contribution is 0.0528. The van der Waals surface area contributed by atoms with Gasteiger partial charge in [0.15, 0.2) is 11.4 Å². The highest BCUT2D eigenvalue weighted by Gasteiger charge is 2.29. The average molecular weight is 571 g/mol. The summed E-state index contributed by atoms with van der Waals surface area (Å²) >= 11 is 0. The van der Waals surface area contributed by atoms with Crippen LogP contribution in [0.1, 0.15) is 60.5 Å². The van der Waals surface area contributed by atoms with E-state index in [1.807, 2.05) is 60.7 Å². The maximum Gasteiger partial charge on any atom is 0.274 e. The number of para-hydroxylation sites is 2. The van der Waals surface area contributed by atoms with Crippen LogP contribution in [0.2, 0.25) is 0 Å². The molecule has 0 unspecified atom stereocenters. The zero-order valence-corrected chi connectivity index (χ0v) is 24.3. The Hall–Kier alpha value is -4.60. The smallest absolute Gasteiger partial charge is 0.274 e. The number of rotatable bonds is 12. The first-order chi connectivity index (χ1) is 20.6. The fourth-order valence-corrected chi connectivity index (χ4v) is 4.73. The molecule has 0 bridgehead atoms. The molecule has 10 nitrogen and oxygen atoms in total. The van der Waals surface area contributed by atoms with Crippen LogP contribution in [0.15, 0.2) is 72.8 Å². The molecule has 1 saturated heterocycles. The van der Waals surface area contributed by atoms with E-state index in [0.29, 0.717) is 62.5 Å². The van der Waals surface area contributed by atoms with Gasteiger partial charge in [0, 0.05) is 38.3 Å². The molecule has 0 saturated carbocycles. The van der Waals surface area contributed by atoms with Gasteiger partial charge in [0.05, 0.1) is 24.6 Å². The maximum atomic E-state index is 13.5. The molecule has 0 atom stereocenters. The van der Waals surface area contributed by atoms with E-state index in [-0.39, 0.29) is 11.8 Å². The van der Waals surface area contributed by atoms with Crippen LogP contribution in [-0.4, -0.2) is 80.6 Å². The standard InChI is InChI=1S/C32H38N6O4/c1-3-5-21-41-29-23-27(33-37(29)25-13-9-7-10-14-25)31(39)35-17-19-36(20-18-35)32(40)28-24-30(42-22-6-4-2)38(34-28)26-15-11-8-12-16-26/h7-16,23-24H,3-6,17-22H2,1-2H3. The fraction of sp³-hybridized carbons (Fsp3) is 0.375. The molecule has 5 rings (SSSR count). The first-order valence-electron chi connectivity index (χ1n) is 14.7. The number of ether oxygens (including phenoxy) is 2. The zero-order chi connectivity index (χ0) is 29.3. The summed E-state index contributed by atoms with van der Waals surface area (Å²) in [5, 5.41) is 9.20. The lowest BCUT2D eigenvalue weighted by Gasteiger charge is -2.34. The molecule has 42 heavy (non-hydrogen) atoms. The summed E-state index contributed by atoms with van der Waals surface area (Å²) in [5.74, 6) is 0.713. The van der Waals surface area contributed by atoms with Crippen LogP contribution in [0.4, 0.5) is 0 Å². The molecule has 0 radical (unpaired) electrons. The van der Waals surface area contributed by atoms with Gasteiger partial charge >= 0.3 is 0 Å². The molecule has 2 aromatic carbocycles. The number of aromatic nitrogens is 4. The number of unbranched alkanes of at least 4 members (excludes halogenated alkanes) is 2. The molecule has 2 aromatic heterocycles. The minimum Gasteiger partial charge on any atom is -0.478 e. The monoisotopic (exact) mass is 570 g/mol. The molecule has 220 valence electrons. The molecule has 10 heteroatoms. The van der Waals surface area contributed by atoms with Gasteiger partial charge in [-0.3, -0.25) is 9.59 Å². The molecule has 1 aliphatic rings. The summed E-state index contributed by atoms with van der Waals surface area (Å²) in [4.78, 5) is 30.4. The fourth-order valence-electron chi connectivity index (χ4n) is 4.73. The number of hydrogen-bond donors (Lipinski definition) is 0. The molecule has 0 spiro atoms. The minimum atomic E-state index is -0.183. The van der Waals surface area contributed by atoms with Crippen molar-refractivity contribution in [2.45, 2.75) is 39.5 Å². The van der Waals surface area contributed by atoms with Crippen LogP contribution in [0, 0.1) is 0 Å². The predicted molar refractivity (Wildman–Crippen MR) is 160 cm³/mol. The van der Waals surface area contributed by atoms with Crippen molar-refractivity contribution in [3.8, 4) is 23.1 Å². The van der Waals surface area contributed by atoms with Crippen molar-refractivity contribution < 1.29 is 19.1 Å². The van der Waals surface area contributed by atoms with Gasteiger partial charge in [0.25, 0.3) is 11.8 Å². The van der Waals surface area contributed by atoms with Crippen molar-refractivity contribution >= 4 is 11.8 Å². The molecule has 0 aliphatic carbocycles. The van der Waals surface area contributed by atoms with E-state index in [1.54, 1.807) is 31.3 Å². The van der Waals surface area contributed by atoms with Crippen molar-refractivity contribution in [2.75, 3.05) is 39.4 Å². The highest BCUT2D eigenvalue weighted by molar-refractivity contribution is 5.94. The van der Waals surface area contributed by atoms with E-state index >= 15 is 0 Å². The molecule has 1 aliphatic heterocycles. The Morgan fingerprint density at radius 2 is 1.02 bits per heavy atom. The van der Waals surface area contributed by atoms with Gasteiger partial charge in [-0.1, -0.05) is 63.1 Å². The number of carbonyl (C=O) groups excluding carboxylic acids is 2. The number of hydrogen-bond acceptors (Lipinski definition) is 6. The van der Waals surface area contributed by atoms with Crippen molar-refractivity contribution in [3.05, 3.63) is 84.2 Å². The Kier molecular flexibility index (Phi) is 9.53. The van der Waals surface area contributed by atoms with Gasteiger partial charge in [-0.25, -0.2) is 9.36 Å². The lowest BCUT2D eigenvalue weighted by atomic mass is 10.2. The maximum absolute atomic E-state index is 13.5. The van der Waals surface area contributed by atoms with Crippen LogP contribution in [0.25, 0.3) is 11.4 Å².